The van der Waals surface area contributed by atoms with Crippen molar-refractivity contribution in [3.8, 4) is 0 Å². The molecular weight excluding hydrogens is 358 g/mol. The molecule has 3 rings (SSSR count). The third-order valence-electron chi connectivity index (χ3n) is 5.12. The van der Waals surface area contributed by atoms with Gasteiger partial charge in [0.1, 0.15) is 0 Å². The van der Waals surface area contributed by atoms with Crippen LogP contribution in [-0.4, -0.2) is 18.5 Å². The van der Waals surface area contributed by atoms with E-state index in [2.05, 4.69) is 21.2 Å². The van der Waals surface area contributed by atoms with Crippen LogP contribution >= 0.6 is 15.9 Å². The number of benzene rings is 1. The summed E-state index contributed by atoms with van der Waals surface area (Å²) in [6.45, 7) is 1.74. The molecule has 1 aromatic rings. The monoisotopic (exact) mass is 379 g/mol. The van der Waals surface area contributed by atoms with Crippen molar-refractivity contribution < 1.29 is 14.3 Å². The second kappa shape index (κ2) is 7.04. The van der Waals surface area contributed by atoms with Crippen LogP contribution in [0.25, 0.3) is 0 Å². The Morgan fingerprint density at radius 1 is 1.30 bits per heavy atom. The summed E-state index contributed by atoms with van der Waals surface area (Å²) in [6, 6.07) is 5.57. The molecule has 2 fully saturated rings. The van der Waals surface area contributed by atoms with Crippen molar-refractivity contribution in [2.75, 3.05) is 11.9 Å². The van der Waals surface area contributed by atoms with Crippen LogP contribution in [0.1, 0.15) is 37.7 Å². The Kier molecular flexibility index (Phi) is 5.05. The first-order chi connectivity index (χ1) is 11.0. The molecule has 0 spiro atoms. The van der Waals surface area contributed by atoms with Gasteiger partial charge in [-0.15, -0.1) is 0 Å². The molecule has 0 unspecified atom stereocenters. The van der Waals surface area contributed by atoms with Gasteiger partial charge in [-0.2, -0.15) is 0 Å². The van der Waals surface area contributed by atoms with Gasteiger partial charge in [-0.3, -0.25) is 9.59 Å². The summed E-state index contributed by atoms with van der Waals surface area (Å²) < 4.78 is 6.13. The van der Waals surface area contributed by atoms with Crippen molar-refractivity contribution >= 4 is 33.5 Å². The molecule has 1 amide bonds. The lowest BCUT2D eigenvalue weighted by atomic mass is 9.86. The number of hydrogen-bond acceptors (Lipinski definition) is 3. The second-order valence-electron chi connectivity index (χ2n) is 6.81. The maximum Gasteiger partial charge on any atom is 0.306 e. The highest BCUT2D eigenvalue weighted by Gasteiger charge is 2.40. The SMILES string of the molecule is Cc1cc(NC(=O)COC(=O)C[C@H]2C[C@H]3CC[C@@H]2C3)ccc1Br. The number of fused-ring (bicyclic) bond motifs is 2. The van der Waals surface area contributed by atoms with Crippen LogP contribution in [0.4, 0.5) is 5.69 Å². The van der Waals surface area contributed by atoms with Gasteiger partial charge in [0.2, 0.25) is 0 Å². The summed E-state index contributed by atoms with van der Waals surface area (Å²) in [7, 11) is 0. The van der Waals surface area contributed by atoms with E-state index < -0.39 is 0 Å². The van der Waals surface area contributed by atoms with Gasteiger partial charge in [0, 0.05) is 16.6 Å². The molecule has 0 heterocycles. The fourth-order valence-corrected chi connectivity index (χ4v) is 4.21. The molecule has 0 saturated heterocycles. The number of hydrogen-bond donors (Lipinski definition) is 1. The lowest BCUT2D eigenvalue weighted by Gasteiger charge is -2.20. The van der Waals surface area contributed by atoms with Gasteiger partial charge in [0.05, 0.1) is 0 Å². The first-order valence-electron chi connectivity index (χ1n) is 8.23. The summed E-state index contributed by atoms with van der Waals surface area (Å²) in [5.41, 5.74) is 1.75. The minimum Gasteiger partial charge on any atom is -0.456 e. The average molecular weight is 380 g/mol. The van der Waals surface area contributed by atoms with Crippen molar-refractivity contribution in [1.82, 2.24) is 0 Å². The van der Waals surface area contributed by atoms with E-state index in [4.69, 9.17) is 4.74 Å². The van der Waals surface area contributed by atoms with E-state index in [-0.39, 0.29) is 18.5 Å². The zero-order chi connectivity index (χ0) is 16.4. The number of nitrogens with one attached hydrogen (secondary N) is 1. The highest BCUT2D eigenvalue weighted by Crippen LogP contribution is 2.49. The van der Waals surface area contributed by atoms with Crippen LogP contribution in [0.15, 0.2) is 22.7 Å². The van der Waals surface area contributed by atoms with Gasteiger partial charge < -0.3 is 10.1 Å². The molecule has 1 aromatic carbocycles. The van der Waals surface area contributed by atoms with Crippen LogP contribution in [-0.2, 0) is 14.3 Å². The Labute approximate surface area is 145 Å². The highest BCUT2D eigenvalue weighted by molar-refractivity contribution is 9.10. The maximum absolute atomic E-state index is 11.9. The largest absolute Gasteiger partial charge is 0.456 e. The molecule has 5 heteroatoms. The third-order valence-corrected chi connectivity index (χ3v) is 6.01. The molecule has 4 nitrogen and oxygen atoms in total. The van der Waals surface area contributed by atoms with Crippen molar-refractivity contribution in [3.63, 3.8) is 0 Å². The Morgan fingerprint density at radius 3 is 2.78 bits per heavy atom. The van der Waals surface area contributed by atoms with E-state index in [1.807, 2.05) is 25.1 Å². The van der Waals surface area contributed by atoms with Crippen molar-refractivity contribution in [2.45, 2.75) is 39.0 Å². The summed E-state index contributed by atoms with van der Waals surface area (Å²) >= 11 is 3.42. The maximum atomic E-state index is 11.9. The molecule has 2 aliphatic rings. The molecule has 3 atom stereocenters. The number of carbonyl (C=O) groups excluding carboxylic acids is 2. The third kappa shape index (κ3) is 4.14. The summed E-state index contributed by atoms with van der Waals surface area (Å²) in [5.74, 6) is 1.45. The van der Waals surface area contributed by atoms with Gasteiger partial charge >= 0.3 is 5.97 Å². The fraction of sp³-hybridized carbons (Fsp3) is 0.556. The number of amides is 1. The average Bonchev–Trinajstić information content (AvgIpc) is 3.12. The molecule has 0 aliphatic heterocycles. The number of rotatable bonds is 5. The van der Waals surface area contributed by atoms with Crippen molar-refractivity contribution in [2.24, 2.45) is 17.8 Å². The highest BCUT2D eigenvalue weighted by atomic mass is 79.9. The van der Waals surface area contributed by atoms with E-state index >= 15 is 0 Å². The van der Waals surface area contributed by atoms with E-state index in [0.717, 1.165) is 22.4 Å². The number of carbonyl (C=O) groups is 2. The first kappa shape index (κ1) is 16.5. The Morgan fingerprint density at radius 2 is 2.13 bits per heavy atom. The van der Waals surface area contributed by atoms with E-state index in [1.54, 1.807) is 0 Å². The molecule has 124 valence electrons. The first-order valence-corrected chi connectivity index (χ1v) is 9.02. The number of anilines is 1. The van der Waals surface area contributed by atoms with Gasteiger partial charge in [-0.25, -0.2) is 0 Å². The Bertz CT molecular complexity index is 616. The van der Waals surface area contributed by atoms with Gasteiger partial charge in [0.25, 0.3) is 5.91 Å². The van der Waals surface area contributed by atoms with Crippen LogP contribution in [0, 0.1) is 24.7 Å². The molecule has 2 saturated carbocycles. The van der Waals surface area contributed by atoms with Crippen LogP contribution < -0.4 is 5.32 Å². The molecular formula is C18H22BrNO3. The quantitative estimate of drug-likeness (QED) is 0.784. The normalized spacial score (nSPS) is 25.4. The minimum absolute atomic E-state index is 0.214. The molecule has 2 bridgehead atoms. The fourth-order valence-electron chi connectivity index (χ4n) is 3.97. The summed E-state index contributed by atoms with van der Waals surface area (Å²) in [4.78, 5) is 23.8. The van der Waals surface area contributed by atoms with E-state index in [9.17, 15) is 9.59 Å². The van der Waals surface area contributed by atoms with Gasteiger partial charge in [-0.05, 0) is 67.7 Å². The van der Waals surface area contributed by atoms with E-state index in [1.165, 1.54) is 19.3 Å². The molecule has 23 heavy (non-hydrogen) atoms. The summed E-state index contributed by atoms with van der Waals surface area (Å²) in [6.07, 6.45) is 5.48. The summed E-state index contributed by atoms with van der Waals surface area (Å²) in [5, 5.41) is 2.75. The van der Waals surface area contributed by atoms with Gasteiger partial charge in [0.15, 0.2) is 6.61 Å². The lowest BCUT2D eigenvalue weighted by Crippen LogP contribution is -2.23. The Hall–Kier alpha value is -1.36. The van der Waals surface area contributed by atoms with Crippen LogP contribution in [0.3, 0.4) is 0 Å². The molecule has 0 aromatic heterocycles. The smallest absolute Gasteiger partial charge is 0.306 e. The topological polar surface area (TPSA) is 55.4 Å². The molecule has 1 N–H and O–H groups in total. The number of halogens is 1. The zero-order valence-corrected chi connectivity index (χ0v) is 14.9. The number of esters is 1. The van der Waals surface area contributed by atoms with Crippen molar-refractivity contribution in [1.29, 1.82) is 0 Å². The van der Waals surface area contributed by atoms with E-state index in [0.29, 0.717) is 23.9 Å². The van der Waals surface area contributed by atoms with Gasteiger partial charge in [-0.1, -0.05) is 22.4 Å². The molecule has 0 radical (unpaired) electrons. The standard InChI is InChI=1S/C18H22BrNO3/c1-11-6-15(4-5-16(11)19)20-17(21)10-23-18(22)9-14-8-12-2-3-13(14)7-12/h4-6,12-14H,2-3,7-10H2,1H3,(H,20,21)/t12-,13+,14+/m0/s1. The van der Waals surface area contributed by atoms with Crippen LogP contribution in [0.2, 0.25) is 0 Å². The second-order valence-corrected chi connectivity index (χ2v) is 7.67. The number of aryl methyl sites for hydroxylation is 1. The number of ether oxygens (including phenoxy) is 1. The lowest BCUT2D eigenvalue weighted by molar-refractivity contribution is -0.148. The zero-order valence-electron chi connectivity index (χ0n) is 13.3. The molecule has 2 aliphatic carbocycles. The predicted molar refractivity (Wildman–Crippen MR) is 92.0 cm³/mol. The van der Waals surface area contributed by atoms with Crippen molar-refractivity contribution in [3.05, 3.63) is 28.2 Å². The minimum atomic E-state index is -0.298. The predicted octanol–water partition coefficient (Wildman–Crippen LogP) is 4.07. The van der Waals surface area contributed by atoms with Crippen LogP contribution in [0.5, 0.6) is 0 Å². The Balaban J connectivity index is 1.41.